The Labute approximate surface area is 165 Å². The van der Waals surface area contributed by atoms with Gasteiger partial charge in [0.15, 0.2) is 11.5 Å². The van der Waals surface area contributed by atoms with E-state index in [4.69, 9.17) is 25.5 Å². The minimum Gasteiger partial charge on any atom is -0.493 e. The third-order valence-electron chi connectivity index (χ3n) is 4.19. The van der Waals surface area contributed by atoms with Crippen LogP contribution in [0.2, 0.25) is 5.02 Å². The average molecular weight is 396 g/mol. The lowest BCUT2D eigenvalue weighted by atomic mass is 10.0. The third kappa shape index (κ3) is 3.37. The Balaban J connectivity index is 1.64. The highest BCUT2D eigenvalue weighted by Crippen LogP contribution is 2.36. The van der Waals surface area contributed by atoms with Crippen LogP contribution in [0.1, 0.15) is 21.7 Å². The molecule has 0 fully saturated rings. The summed E-state index contributed by atoms with van der Waals surface area (Å²) in [6.45, 7) is 0. The molecule has 0 aliphatic carbocycles. The lowest BCUT2D eigenvalue weighted by molar-refractivity contribution is -0.110. The van der Waals surface area contributed by atoms with Gasteiger partial charge in [-0.1, -0.05) is 23.7 Å². The molecule has 0 bridgehead atoms. The molecule has 1 aliphatic heterocycles. The number of rotatable bonds is 4. The largest absolute Gasteiger partial charge is 0.493 e. The molecule has 1 N–H and O–H groups in total. The van der Waals surface area contributed by atoms with Crippen LogP contribution < -0.4 is 14.8 Å². The Hall–Kier alpha value is -3.51. The quantitative estimate of drug-likeness (QED) is 0.395. The minimum absolute atomic E-state index is 0.0890. The SMILES string of the molecule is COc1cc(/C=C2/C(=O)Nc3cc(Cl)ccc32)ccc1OC(=O)c1ccco1. The van der Waals surface area contributed by atoms with Gasteiger partial charge in [0.05, 0.1) is 19.1 Å². The van der Waals surface area contributed by atoms with Crippen LogP contribution in [0.4, 0.5) is 5.69 Å². The van der Waals surface area contributed by atoms with E-state index in [9.17, 15) is 9.59 Å². The minimum atomic E-state index is -0.629. The van der Waals surface area contributed by atoms with Gasteiger partial charge in [0, 0.05) is 16.2 Å². The van der Waals surface area contributed by atoms with Gasteiger partial charge in [0.1, 0.15) is 0 Å². The lowest BCUT2D eigenvalue weighted by Crippen LogP contribution is -2.08. The standard InChI is InChI=1S/C21H14ClNO5/c1-26-19-10-12(4-7-17(19)28-21(25)18-3-2-8-27-18)9-15-14-6-5-13(22)11-16(14)23-20(15)24/h2-11H,1H3,(H,23,24)/b15-9+. The van der Waals surface area contributed by atoms with Gasteiger partial charge in [-0.15, -0.1) is 0 Å². The first-order valence-corrected chi connectivity index (χ1v) is 8.69. The van der Waals surface area contributed by atoms with Crippen molar-refractivity contribution in [2.45, 2.75) is 0 Å². The molecular weight excluding hydrogens is 382 g/mol. The Morgan fingerprint density at radius 3 is 2.75 bits per heavy atom. The first-order chi connectivity index (χ1) is 13.5. The van der Waals surface area contributed by atoms with Gasteiger partial charge in [-0.25, -0.2) is 4.79 Å². The molecule has 28 heavy (non-hydrogen) atoms. The summed E-state index contributed by atoms with van der Waals surface area (Å²) in [7, 11) is 1.47. The molecule has 1 aliphatic rings. The highest BCUT2D eigenvalue weighted by molar-refractivity contribution is 6.36. The van der Waals surface area contributed by atoms with Crippen LogP contribution in [0.3, 0.4) is 0 Å². The van der Waals surface area contributed by atoms with Crippen LogP contribution >= 0.6 is 11.6 Å². The van der Waals surface area contributed by atoms with E-state index in [2.05, 4.69) is 5.32 Å². The molecule has 6 nitrogen and oxygen atoms in total. The second kappa shape index (κ2) is 7.25. The van der Waals surface area contributed by atoms with E-state index in [1.165, 1.54) is 19.4 Å². The van der Waals surface area contributed by atoms with Crippen molar-refractivity contribution >= 4 is 40.8 Å². The van der Waals surface area contributed by atoms with E-state index < -0.39 is 5.97 Å². The van der Waals surface area contributed by atoms with Crippen molar-refractivity contribution in [1.29, 1.82) is 0 Å². The summed E-state index contributed by atoms with van der Waals surface area (Å²) in [6, 6.07) is 13.3. The van der Waals surface area contributed by atoms with Crippen molar-refractivity contribution in [2.24, 2.45) is 0 Å². The number of furan rings is 1. The molecule has 0 radical (unpaired) electrons. The maximum absolute atomic E-state index is 12.3. The van der Waals surface area contributed by atoms with Crippen LogP contribution in [-0.4, -0.2) is 19.0 Å². The number of esters is 1. The van der Waals surface area contributed by atoms with Crippen molar-refractivity contribution in [3.8, 4) is 11.5 Å². The second-order valence-electron chi connectivity index (χ2n) is 5.98. The summed E-state index contributed by atoms with van der Waals surface area (Å²) in [5, 5.41) is 3.33. The van der Waals surface area contributed by atoms with E-state index in [1.54, 1.807) is 48.5 Å². The highest BCUT2D eigenvalue weighted by atomic mass is 35.5. The summed E-state index contributed by atoms with van der Waals surface area (Å²) < 4.78 is 15.7. The second-order valence-corrected chi connectivity index (χ2v) is 6.42. The molecule has 0 spiro atoms. The Morgan fingerprint density at radius 2 is 2.00 bits per heavy atom. The van der Waals surface area contributed by atoms with E-state index in [1.807, 2.05) is 0 Å². The highest BCUT2D eigenvalue weighted by Gasteiger charge is 2.24. The number of carbonyl (C=O) groups excluding carboxylic acids is 2. The lowest BCUT2D eigenvalue weighted by Gasteiger charge is -2.09. The predicted octanol–water partition coefficient (Wildman–Crippen LogP) is 4.65. The Bertz CT molecular complexity index is 1100. The molecule has 4 rings (SSSR count). The van der Waals surface area contributed by atoms with E-state index in [0.717, 1.165) is 5.56 Å². The van der Waals surface area contributed by atoms with Gasteiger partial charge in [0.25, 0.3) is 5.91 Å². The number of halogens is 1. The third-order valence-corrected chi connectivity index (χ3v) is 4.42. The Kier molecular flexibility index (Phi) is 4.63. The normalized spacial score (nSPS) is 13.9. The van der Waals surface area contributed by atoms with Crippen molar-refractivity contribution in [2.75, 3.05) is 12.4 Å². The Morgan fingerprint density at radius 1 is 1.14 bits per heavy atom. The van der Waals surface area contributed by atoms with Gasteiger partial charge in [-0.05, 0) is 48.0 Å². The number of nitrogens with one attached hydrogen (secondary N) is 1. The van der Waals surface area contributed by atoms with Crippen LogP contribution in [0.25, 0.3) is 11.6 Å². The van der Waals surface area contributed by atoms with E-state index >= 15 is 0 Å². The molecule has 1 amide bonds. The topological polar surface area (TPSA) is 77.8 Å². The summed E-state index contributed by atoms with van der Waals surface area (Å²) in [4.78, 5) is 24.4. The fourth-order valence-corrected chi connectivity index (χ4v) is 3.05. The summed E-state index contributed by atoms with van der Waals surface area (Å²) in [6.07, 6.45) is 3.12. The molecular formula is C21H14ClNO5. The monoisotopic (exact) mass is 395 g/mol. The van der Waals surface area contributed by atoms with Gasteiger partial charge in [0.2, 0.25) is 5.76 Å². The first-order valence-electron chi connectivity index (χ1n) is 8.32. The van der Waals surface area contributed by atoms with Crippen molar-refractivity contribution in [3.63, 3.8) is 0 Å². The number of hydrogen-bond acceptors (Lipinski definition) is 5. The number of anilines is 1. The van der Waals surface area contributed by atoms with Crippen LogP contribution in [0.15, 0.2) is 59.2 Å². The van der Waals surface area contributed by atoms with Gasteiger partial charge in [-0.2, -0.15) is 0 Å². The van der Waals surface area contributed by atoms with E-state index in [-0.39, 0.29) is 17.4 Å². The zero-order valence-corrected chi connectivity index (χ0v) is 15.4. The average Bonchev–Trinajstić information content (AvgIpc) is 3.31. The molecule has 3 aromatic rings. The number of benzene rings is 2. The molecule has 1 aromatic heterocycles. The number of carbonyl (C=O) groups is 2. The van der Waals surface area contributed by atoms with Gasteiger partial charge in [-0.3, -0.25) is 4.79 Å². The number of amides is 1. The molecule has 0 unspecified atom stereocenters. The van der Waals surface area contributed by atoms with Crippen LogP contribution in [0.5, 0.6) is 11.5 Å². The van der Waals surface area contributed by atoms with Crippen molar-refractivity contribution < 1.29 is 23.5 Å². The fourth-order valence-electron chi connectivity index (χ4n) is 2.88. The molecule has 2 aromatic carbocycles. The maximum Gasteiger partial charge on any atom is 0.379 e. The van der Waals surface area contributed by atoms with Crippen molar-refractivity contribution in [1.82, 2.24) is 0 Å². The summed E-state index contributed by atoms with van der Waals surface area (Å²) in [5.41, 5.74) is 2.65. The molecule has 0 saturated carbocycles. The number of methoxy groups -OCH3 is 1. The van der Waals surface area contributed by atoms with Gasteiger partial charge < -0.3 is 19.2 Å². The molecule has 0 atom stereocenters. The van der Waals surface area contributed by atoms with E-state index in [0.29, 0.717) is 27.6 Å². The zero-order chi connectivity index (χ0) is 19.7. The molecule has 7 heteroatoms. The van der Waals surface area contributed by atoms with Gasteiger partial charge >= 0.3 is 5.97 Å². The van der Waals surface area contributed by atoms with Crippen LogP contribution in [-0.2, 0) is 4.79 Å². The maximum atomic E-state index is 12.3. The first kappa shape index (κ1) is 17.9. The zero-order valence-electron chi connectivity index (χ0n) is 14.7. The summed E-state index contributed by atoms with van der Waals surface area (Å²) in [5.74, 6) is -0.163. The fraction of sp³-hybridized carbons (Fsp3) is 0.0476. The smallest absolute Gasteiger partial charge is 0.379 e. The molecule has 140 valence electrons. The summed E-state index contributed by atoms with van der Waals surface area (Å²) >= 11 is 5.98. The molecule has 2 heterocycles. The number of hydrogen-bond donors (Lipinski definition) is 1. The van der Waals surface area contributed by atoms with Crippen LogP contribution in [0, 0.1) is 0 Å². The number of ether oxygens (including phenoxy) is 2. The predicted molar refractivity (Wildman–Crippen MR) is 105 cm³/mol. The van der Waals surface area contributed by atoms with Crippen molar-refractivity contribution in [3.05, 3.63) is 76.7 Å². The number of fused-ring (bicyclic) bond motifs is 1. The molecule has 0 saturated heterocycles.